The molecule has 520 valence electrons. The van der Waals surface area contributed by atoms with Gasteiger partial charge in [-0.1, -0.05) is 130 Å². The van der Waals surface area contributed by atoms with Gasteiger partial charge in [-0.2, -0.15) is 0 Å². The molecule has 0 saturated heterocycles. The molecule has 16 nitrogen and oxygen atoms in total. The Morgan fingerprint density at radius 1 is 0.337 bits per heavy atom. The molecule has 0 amide bonds. The molecule has 8 aromatic heterocycles. The Morgan fingerprint density at radius 2 is 0.673 bits per heavy atom. The van der Waals surface area contributed by atoms with Gasteiger partial charge in [0.25, 0.3) is 0 Å². The lowest BCUT2D eigenvalue weighted by Crippen LogP contribution is -2.03. The number of nitrogens with zero attached hydrogens (tertiary/aromatic N) is 8. The largest absolute Gasteiger partial charge is 0.261 e. The lowest BCUT2D eigenvalue weighted by atomic mass is 10.0. The fourth-order valence-corrected chi connectivity index (χ4v) is 12.3. The van der Waals surface area contributed by atoms with Crippen molar-refractivity contribution in [1.82, 2.24) is 39.9 Å². The van der Waals surface area contributed by atoms with Crippen molar-refractivity contribution in [1.29, 1.82) is 0 Å². The minimum atomic E-state index is -5.06. The molecule has 12 rings (SSSR count). The van der Waals surface area contributed by atoms with Crippen LogP contribution >= 0.6 is 46.4 Å². The highest BCUT2D eigenvalue weighted by molar-refractivity contribution is 7.92. The number of benzene rings is 4. The highest BCUT2D eigenvalue weighted by atomic mass is 35.5. The smallest absolute Gasteiger partial charge is 0.178 e. The summed E-state index contributed by atoms with van der Waals surface area (Å²) in [6.45, 7) is 3.14. The van der Waals surface area contributed by atoms with Crippen LogP contribution in [0.25, 0.3) is 89.5 Å². The number of halogens is 4. The van der Waals surface area contributed by atoms with Gasteiger partial charge in [0.05, 0.1) is 110 Å². The van der Waals surface area contributed by atoms with Crippen molar-refractivity contribution in [3.05, 3.63) is 262 Å². The van der Waals surface area contributed by atoms with E-state index in [1.54, 1.807) is 62.6 Å². The maximum absolute atomic E-state index is 12.7. The first-order chi connectivity index (χ1) is 58.3. The van der Waals surface area contributed by atoms with E-state index in [1.807, 2.05) is 26.0 Å². The Balaban J connectivity index is 0.000000211. The van der Waals surface area contributed by atoms with Crippen molar-refractivity contribution in [2.45, 2.75) is 82.3 Å². The van der Waals surface area contributed by atoms with E-state index < -0.39 is 204 Å². The lowest BCUT2D eigenvalue weighted by Gasteiger charge is -2.11. The molecule has 0 spiro atoms. The van der Waals surface area contributed by atoms with Crippen molar-refractivity contribution in [3.8, 4) is 89.5 Å². The minimum Gasteiger partial charge on any atom is -0.261 e. The van der Waals surface area contributed by atoms with E-state index in [1.165, 1.54) is 55.7 Å². The average molecular weight is 1530 g/mol. The monoisotopic (exact) mass is 1530 g/mol. The summed E-state index contributed by atoms with van der Waals surface area (Å²) in [4.78, 5) is 30.9. The molecular weight excluding hydrogens is 1430 g/mol. The maximum atomic E-state index is 12.7. The van der Waals surface area contributed by atoms with Gasteiger partial charge < -0.3 is 0 Å². The molecular formula is C77H72Cl4N8O8S4. The highest BCUT2D eigenvalue weighted by Crippen LogP contribution is 2.38. The van der Waals surface area contributed by atoms with E-state index in [-0.39, 0.29) is 84.1 Å². The quantitative estimate of drug-likeness (QED) is 0.0873. The second kappa shape index (κ2) is 34.1. The molecule has 101 heavy (non-hydrogen) atoms. The Hall–Kier alpha value is -8.96. The second-order valence-corrected chi connectivity index (χ2v) is 30.7. The first-order valence-electron chi connectivity index (χ1n) is 42.1. The van der Waals surface area contributed by atoms with Crippen LogP contribution in [0.2, 0.25) is 20.1 Å². The van der Waals surface area contributed by atoms with Gasteiger partial charge in [-0.3, -0.25) is 39.9 Å². The summed E-state index contributed by atoms with van der Waals surface area (Å²) in [5.74, 6) is -0.367. The van der Waals surface area contributed by atoms with Crippen LogP contribution in [0, 0.1) is 27.6 Å². The van der Waals surface area contributed by atoms with Crippen LogP contribution in [0.5, 0.6) is 0 Å². The molecule has 24 heteroatoms. The summed E-state index contributed by atoms with van der Waals surface area (Å²) in [5, 5.41) is -0.200. The summed E-state index contributed by atoms with van der Waals surface area (Å²) >= 11 is 24.3. The molecule has 0 N–H and O–H groups in total. The molecule has 0 radical (unpaired) electrons. The van der Waals surface area contributed by atoms with Crippen LogP contribution in [-0.2, 0) is 39.3 Å². The number of pyridine rings is 8. The predicted octanol–water partition coefficient (Wildman–Crippen LogP) is 18.9. The maximum Gasteiger partial charge on any atom is 0.178 e. The molecule has 12 aromatic rings. The molecule has 0 fully saturated rings. The number of hydrogen-bond donors (Lipinski definition) is 0. The van der Waals surface area contributed by atoms with Gasteiger partial charge in [0, 0.05) is 128 Å². The van der Waals surface area contributed by atoms with Gasteiger partial charge >= 0.3 is 0 Å². The molecule has 4 aromatic carbocycles. The number of aryl methyl sites for hydroxylation is 4. The van der Waals surface area contributed by atoms with Crippen LogP contribution in [0.3, 0.4) is 0 Å². The summed E-state index contributed by atoms with van der Waals surface area (Å²) in [5.41, 5.74) is -1.55. The summed E-state index contributed by atoms with van der Waals surface area (Å²) in [6.07, 6.45) is 3.53. The molecule has 0 aliphatic heterocycles. The van der Waals surface area contributed by atoms with E-state index in [0.29, 0.717) is 51.7 Å². The normalized spacial score (nSPS) is 15.4. The third kappa shape index (κ3) is 19.8. The van der Waals surface area contributed by atoms with Crippen LogP contribution in [0.4, 0.5) is 0 Å². The molecule has 0 bridgehead atoms. The fraction of sp³-hybridized carbons (Fsp3) is 0.169. The summed E-state index contributed by atoms with van der Waals surface area (Å²) < 4.78 is 307. The lowest BCUT2D eigenvalue weighted by molar-refractivity contribution is 0.595. The first-order valence-corrected chi connectivity index (χ1v) is 37.0. The Morgan fingerprint density at radius 3 is 1.07 bits per heavy atom. The van der Waals surface area contributed by atoms with Crippen molar-refractivity contribution < 1.29 is 69.3 Å². The van der Waals surface area contributed by atoms with Crippen molar-refractivity contribution in [2.75, 3.05) is 23.0 Å². The molecule has 8 heterocycles. The summed E-state index contributed by atoms with van der Waals surface area (Å²) in [7, 11) is -15.7. The van der Waals surface area contributed by atoms with Gasteiger partial charge in [-0.15, -0.1) is 0 Å². The zero-order valence-electron chi connectivity index (χ0n) is 79.0. The zero-order valence-corrected chi connectivity index (χ0v) is 59.3. The molecule has 0 unspecified atom stereocenters. The van der Waals surface area contributed by atoms with E-state index in [4.69, 9.17) is 82.0 Å². The van der Waals surface area contributed by atoms with E-state index in [2.05, 4.69) is 39.9 Å². The topological polar surface area (TPSA) is 240 Å². The van der Waals surface area contributed by atoms with Crippen LogP contribution in [-0.4, -0.2) is 96.5 Å². The van der Waals surface area contributed by atoms with E-state index in [9.17, 15) is 33.7 Å². The molecule has 0 aliphatic carbocycles. The predicted molar refractivity (Wildman–Crippen MR) is 408 cm³/mol. The van der Waals surface area contributed by atoms with Crippen LogP contribution in [0.15, 0.2) is 239 Å². The number of aromatic nitrogens is 8. The van der Waals surface area contributed by atoms with Crippen molar-refractivity contribution in [3.63, 3.8) is 0 Å². The summed E-state index contributed by atoms with van der Waals surface area (Å²) in [6, 6.07) is 12.0. The SMILES string of the molecule is C.[2H]c1c([2H])c(S(=O)(=O)CC)c([2H])c([2H])c1-c1cc(Cl)cnc1-c1ccc(C)nc1.[2H]c1nc(-c2c([2H])nc(C([2H])([2H])[2H])c([2H])c2[2H])c(-c2c([2H])c([2H])c(S(=O)(=O)C([2H])([2H])C)c([2H])c2[2H])c([2H])c1Cl.[2H]c1nc(-c2ccc(C)nc2)c(-c2ccc(S(=O)(=O)CC)cc2)c([2H])c1Cl.[2H]c1nc(C([2H])([2H])[2H])c([2H])c([2H])c1-c1ncc(Cl)cc1-c1ccc(S(=O)(=O)CC)cc1. The van der Waals surface area contributed by atoms with Gasteiger partial charge in [0.1, 0.15) is 0 Å². The Kier molecular flexibility index (Phi) is 16.5. The second-order valence-electron chi connectivity index (χ2n) is 20.5. The van der Waals surface area contributed by atoms with Gasteiger partial charge in [-0.25, -0.2) is 33.7 Å². The van der Waals surface area contributed by atoms with Crippen LogP contribution in [0.1, 0.15) is 93.5 Å². The van der Waals surface area contributed by atoms with E-state index >= 15 is 0 Å². The Labute approximate surface area is 648 Å². The number of rotatable bonds is 16. The first kappa shape index (κ1) is 48.8. The highest BCUT2D eigenvalue weighted by Gasteiger charge is 2.20. The number of hydrogen-bond acceptors (Lipinski definition) is 16. The zero-order chi connectivity index (χ0) is 94.6. The third-order valence-corrected chi connectivity index (χ3v) is 21.1. The van der Waals surface area contributed by atoms with Gasteiger partial charge in [0.15, 0.2) is 39.3 Å². The standard InChI is InChI=1S/4C19H17ClN2O2S.CH4/c4*1-3-25(23,24)17-8-6-14(7-9-17)18-10-16(20)12-22-19(18)15-5-4-13(2)21-11-15;/h4*4-12H,3H2,1-2H3;1H4/i2D3,3D2,4D,5D,6D,7D,8D,9D,10D,11D,12D;6D,7D,8D,9D;2D3,4D,5D,11D;10D,12D;. The van der Waals surface area contributed by atoms with Gasteiger partial charge in [0.2, 0.25) is 0 Å². The average Bonchev–Trinajstić information content (AvgIpc) is 0.722. The fourth-order valence-electron chi connectivity index (χ4n) is 8.63. The van der Waals surface area contributed by atoms with E-state index in [0.717, 1.165) is 11.4 Å². The van der Waals surface area contributed by atoms with Gasteiger partial charge in [-0.05, 0) is 171 Å². The molecule has 0 aliphatic rings. The van der Waals surface area contributed by atoms with Crippen LogP contribution < -0.4 is 0 Å². The number of sulfone groups is 4. The van der Waals surface area contributed by atoms with Crippen molar-refractivity contribution in [2.24, 2.45) is 0 Å². The molecule has 0 saturated carbocycles. The van der Waals surface area contributed by atoms with Crippen molar-refractivity contribution >= 4 is 85.8 Å². The third-order valence-electron chi connectivity index (χ3n) is 13.9. The Bertz CT molecular complexity index is 6800. The molecule has 0 atom stereocenters. The minimum absolute atomic E-state index is 0.